The molecule has 0 saturated carbocycles. The second-order valence-electron chi connectivity index (χ2n) is 5.10. The summed E-state index contributed by atoms with van der Waals surface area (Å²) in [6.07, 6.45) is 0.965. The molecule has 23 heavy (non-hydrogen) atoms. The van der Waals surface area contributed by atoms with E-state index in [1.807, 2.05) is 24.3 Å². The summed E-state index contributed by atoms with van der Waals surface area (Å²) >= 11 is 3.43. The zero-order valence-electron chi connectivity index (χ0n) is 12.6. The number of hydrogen-bond donors (Lipinski definition) is 0. The van der Waals surface area contributed by atoms with Gasteiger partial charge in [-0.15, -0.1) is 0 Å². The van der Waals surface area contributed by atoms with Crippen molar-refractivity contribution in [2.24, 2.45) is 0 Å². The number of nitro benzene ring substituents is 1. The van der Waals surface area contributed by atoms with Crippen LogP contribution in [0.1, 0.15) is 5.56 Å². The minimum Gasteiger partial charge on any atom is -0.365 e. The third kappa shape index (κ3) is 3.89. The number of nitro groups is 1. The molecule has 0 atom stereocenters. The second-order valence-corrected chi connectivity index (χ2v) is 7.94. The lowest BCUT2D eigenvalue weighted by atomic mass is 10.2. The molecule has 0 fully saturated rings. The van der Waals surface area contributed by atoms with E-state index in [0.29, 0.717) is 6.54 Å². The highest BCUT2D eigenvalue weighted by atomic mass is 79.9. The van der Waals surface area contributed by atoms with Gasteiger partial charge in [0.1, 0.15) is 10.6 Å². The molecule has 0 spiro atoms. The van der Waals surface area contributed by atoms with Gasteiger partial charge >= 0.3 is 5.69 Å². The molecule has 2 rings (SSSR count). The van der Waals surface area contributed by atoms with E-state index < -0.39 is 20.4 Å². The van der Waals surface area contributed by atoms with Crippen LogP contribution in [0.3, 0.4) is 0 Å². The van der Waals surface area contributed by atoms with E-state index in [-0.39, 0.29) is 10.6 Å². The van der Waals surface area contributed by atoms with Crippen molar-refractivity contribution in [1.29, 1.82) is 0 Å². The van der Waals surface area contributed by atoms with Crippen molar-refractivity contribution < 1.29 is 13.3 Å². The molecule has 0 aliphatic carbocycles. The largest absolute Gasteiger partial charge is 0.365 e. The minimum atomic E-state index is -3.69. The van der Waals surface area contributed by atoms with Crippen LogP contribution in [-0.4, -0.2) is 26.6 Å². The highest BCUT2D eigenvalue weighted by Crippen LogP contribution is 2.35. The molecule has 0 saturated heterocycles. The van der Waals surface area contributed by atoms with Crippen LogP contribution >= 0.6 is 15.9 Å². The molecule has 0 N–H and O–H groups in total. The molecule has 0 radical (unpaired) electrons. The van der Waals surface area contributed by atoms with Crippen LogP contribution in [0, 0.1) is 10.1 Å². The Kier molecular flexibility index (Phi) is 5.06. The van der Waals surface area contributed by atoms with Gasteiger partial charge in [0.2, 0.25) is 0 Å². The fourth-order valence-corrected chi connectivity index (χ4v) is 3.54. The summed E-state index contributed by atoms with van der Waals surface area (Å²) < 4.78 is 24.5. The van der Waals surface area contributed by atoms with Crippen LogP contribution in [0.2, 0.25) is 0 Å². The monoisotopic (exact) mass is 398 g/mol. The summed E-state index contributed by atoms with van der Waals surface area (Å²) in [5.74, 6) is 0. The number of para-hydroxylation sites is 1. The van der Waals surface area contributed by atoms with E-state index in [9.17, 15) is 18.5 Å². The Balaban J connectivity index is 2.51. The molecular weight excluding hydrogens is 384 g/mol. The normalized spacial score (nSPS) is 11.3. The topological polar surface area (TPSA) is 80.5 Å². The van der Waals surface area contributed by atoms with E-state index in [1.54, 1.807) is 18.0 Å². The first-order chi connectivity index (χ1) is 10.7. The molecule has 0 bridgehead atoms. The predicted octanol–water partition coefficient (Wildman–Crippen LogP) is 3.40. The van der Waals surface area contributed by atoms with Crippen molar-refractivity contribution >= 4 is 37.1 Å². The summed E-state index contributed by atoms with van der Waals surface area (Å²) in [5.41, 5.74) is 0.798. The second kappa shape index (κ2) is 6.67. The van der Waals surface area contributed by atoms with Crippen molar-refractivity contribution in [2.75, 3.05) is 18.2 Å². The zero-order chi connectivity index (χ0) is 17.2. The van der Waals surface area contributed by atoms with Gasteiger partial charge in [-0.3, -0.25) is 10.1 Å². The minimum absolute atomic E-state index is 0.258. The Morgan fingerprint density at radius 3 is 2.39 bits per heavy atom. The predicted molar refractivity (Wildman–Crippen MR) is 92.5 cm³/mol. The number of hydrogen-bond acceptors (Lipinski definition) is 5. The van der Waals surface area contributed by atoms with E-state index in [4.69, 9.17) is 0 Å². The van der Waals surface area contributed by atoms with Gasteiger partial charge < -0.3 is 4.90 Å². The quantitative estimate of drug-likeness (QED) is 0.569. The highest BCUT2D eigenvalue weighted by molar-refractivity contribution is 9.10. The number of sulfone groups is 1. The van der Waals surface area contributed by atoms with Gasteiger partial charge in [-0.25, -0.2) is 8.42 Å². The third-order valence-corrected chi connectivity index (χ3v) is 5.24. The molecule has 0 aromatic heterocycles. The number of anilines is 1. The molecule has 0 unspecified atom stereocenters. The van der Waals surface area contributed by atoms with Gasteiger partial charge in [0.05, 0.1) is 4.92 Å². The first kappa shape index (κ1) is 17.4. The van der Waals surface area contributed by atoms with Crippen molar-refractivity contribution in [3.8, 4) is 0 Å². The van der Waals surface area contributed by atoms with E-state index in [2.05, 4.69) is 15.9 Å². The van der Waals surface area contributed by atoms with Gasteiger partial charge in [0.25, 0.3) is 0 Å². The summed E-state index contributed by atoms with van der Waals surface area (Å²) in [5, 5.41) is 11.4. The van der Waals surface area contributed by atoms with Gasteiger partial charge in [-0.1, -0.05) is 40.2 Å². The molecule has 0 heterocycles. The van der Waals surface area contributed by atoms with E-state index in [1.165, 1.54) is 12.1 Å². The number of rotatable bonds is 5. The Morgan fingerprint density at radius 1 is 1.17 bits per heavy atom. The maximum atomic E-state index is 11.8. The van der Waals surface area contributed by atoms with Crippen molar-refractivity contribution in [3.63, 3.8) is 0 Å². The first-order valence-electron chi connectivity index (χ1n) is 6.64. The highest BCUT2D eigenvalue weighted by Gasteiger charge is 2.27. The van der Waals surface area contributed by atoms with Crippen molar-refractivity contribution in [2.45, 2.75) is 11.4 Å². The fourth-order valence-electron chi connectivity index (χ4n) is 2.27. The lowest BCUT2D eigenvalue weighted by Crippen LogP contribution is -2.19. The van der Waals surface area contributed by atoms with Gasteiger partial charge in [0, 0.05) is 24.3 Å². The number of halogens is 1. The number of benzene rings is 2. The van der Waals surface area contributed by atoms with E-state index in [0.717, 1.165) is 16.3 Å². The smallest absolute Gasteiger partial charge is 0.311 e. The Labute approximate surface area is 142 Å². The summed E-state index contributed by atoms with van der Waals surface area (Å²) in [6, 6.07) is 11.8. The number of nitrogens with zero attached hydrogens (tertiary/aromatic N) is 2. The lowest BCUT2D eigenvalue weighted by molar-refractivity contribution is -0.387. The van der Waals surface area contributed by atoms with Gasteiger partial charge in [0.15, 0.2) is 9.84 Å². The third-order valence-electron chi connectivity index (χ3n) is 3.34. The Bertz CT molecular complexity index is 852. The molecule has 8 heteroatoms. The van der Waals surface area contributed by atoms with E-state index >= 15 is 0 Å². The van der Waals surface area contributed by atoms with Crippen LogP contribution in [0.25, 0.3) is 0 Å². The van der Waals surface area contributed by atoms with Crippen molar-refractivity contribution in [1.82, 2.24) is 0 Å². The molecule has 6 nitrogen and oxygen atoms in total. The van der Waals surface area contributed by atoms with Gasteiger partial charge in [-0.05, 0) is 23.8 Å². The summed E-state index contributed by atoms with van der Waals surface area (Å²) in [7, 11) is -2.00. The molecule has 2 aromatic rings. The van der Waals surface area contributed by atoms with Crippen LogP contribution in [0.4, 0.5) is 11.4 Å². The molecule has 2 aromatic carbocycles. The lowest BCUT2D eigenvalue weighted by Gasteiger charge is -2.20. The first-order valence-corrected chi connectivity index (χ1v) is 9.32. The van der Waals surface area contributed by atoms with Crippen LogP contribution in [0.15, 0.2) is 51.8 Å². The summed E-state index contributed by atoms with van der Waals surface area (Å²) in [4.78, 5) is 12.1. The SMILES string of the molecule is CN(Cc1ccccc1Br)c1cccc(S(C)(=O)=O)c1[N+](=O)[O-]. The Morgan fingerprint density at radius 2 is 1.83 bits per heavy atom. The van der Waals surface area contributed by atoms with Gasteiger partial charge in [-0.2, -0.15) is 0 Å². The van der Waals surface area contributed by atoms with Crippen LogP contribution in [0.5, 0.6) is 0 Å². The average Bonchev–Trinajstić information content (AvgIpc) is 2.47. The maximum Gasteiger partial charge on any atom is 0.311 e. The zero-order valence-corrected chi connectivity index (χ0v) is 15.0. The average molecular weight is 399 g/mol. The standard InChI is InChI=1S/C15H15BrN2O4S/c1-17(10-11-6-3-4-7-12(11)16)13-8-5-9-14(23(2,21)22)15(13)18(19)20/h3-9H,10H2,1-2H3. The molecule has 0 amide bonds. The van der Waals surface area contributed by atoms with Crippen molar-refractivity contribution in [3.05, 3.63) is 62.6 Å². The van der Waals surface area contributed by atoms with Crippen LogP contribution in [-0.2, 0) is 16.4 Å². The molecular formula is C15H15BrN2O4S. The summed E-state index contributed by atoms with van der Waals surface area (Å²) in [6.45, 7) is 0.398. The fraction of sp³-hybridized carbons (Fsp3) is 0.200. The maximum absolute atomic E-state index is 11.8. The molecule has 0 aliphatic rings. The Hall–Kier alpha value is -1.93. The molecule has 0 aliphatic heterocycles. The van der Waals surface area contributed by atoms with Crippen LogP contribution < -0.4 is 4.90 Å². The molecule has 122 valence electrons.